The van der Waals surface area contributed by atoms with Crippen LogP contribution in [0.15, 0.2) is 53.5 Å². The average molecular weight is 484 g/mol. The zero-order valence-electron chi connectivity index (χ0n) is 16.3. The molecule has 1 saturated heterocycles. The smallest absolute Gasteiger partial charge is 0.325 e. The Kier molecular flexibility index (Phi) is 6.42. The van der Waals surface area contributed by atoms with Gasteiger partial charge in [-0.1, -0.05) is 23.4 Å². The molecular weight excluding hydrogens is 467 g/mol. The van der Waals surface area contributed by atoms with E-state index >= 15 is 0 Å². The Labute approximate surface area is 190 Å². The molecule has 2 amide bonds. The summed E-state index contributed by atoms with van der Waals surface area (Å²) in [5, 5.41) is 3.40. The van der Waals surface area contributed by atoms with Crippen LogP contribution < -0.4 is 21.1 Å². The van der Waals surface area contributed by atoms with Crippen molar-refractivity contribution < 1.29 is 22.8 Å². The number of carbonyl (C=O) groups is 2. The number of amidine groups is 1. The fourth-order valence-corrected chi connectivity index (χ4v) is 4.24. The van der Waals surface area contributed by atoms with Crippen LogP contribution in [0.4, 0.5) is 24.5 Å². The molecule has 12 heteroatoms. The third-order valence-corrected chi connectivity index (χ3v) is 6.05. The average Bonchev–Trinajstić information content (AvgIpc) is 3.22. The predicted octanol–water partition coefficient (Wildman–Crippen LogP) is 3.48. The number of halogens is 4. The lowest BCUT2D eigenvalue weighted by atomic mass is 10.0. The maximum absolute atomic E-state index is 13.1. The number of fused-ring (bicyclic) bond motifs is 1. The van der Waals surface area contributed by atoms with Crippen LogP contribution in [0.5, 0.6) is 0 Å². The number of alkyl halides is 3. The van der Waals surface area contributed by atoms with Gasteiger partial charge in [-0.2, -0.15) is 13.2 Å². The van der Waals surface area contributed by atoms with Gasteiger partial charge in [-0.3, -0.25) is 19.9 Å². The van der Waals surface area contributed by atoms with Crippen LogP contribution >= 0.6 is 23.4 Å². The van der Waals surface area contributed by atoms with Gasteiger partial charge < -0.3 is 5.32 Å². The van der Waals surface area contributed by atoms with Gasteiger partial charge in [0.2, 0.25) is 11.8 Å². The quantitative estimate of drug-likeness (QED) is 0.620. The Morgan fingerprint density at radius 1 is 1.19 bits per heavy atom. The Balaban J connectivity index is 1.46. The third kappa shape index (κ3) is 4.90. The molecule has 2 aromatic carbocycles. The number of amides is 2. The van der Waals surface area contributed by atoms with Gasteiger partial charge in [-0.15, -0.1) is 0 Å². The number of aliphatic imine (C=N–C) groups is 1. The van der Waals surface area contributed by atoms with Crippen molar-refractivity contribution in [3.63, 3.8) is 0 Å². The van der Waals surface area contributed by atoms with Crippen LogP contribution in [0.2, 0.25) is 5.02 Å². The molecule has 1 fully saturated rings. The first kappa shape index (κ1) is 22.6. The minimum Gasteiger partial charge on any atom is -0.325 e. The van der Waals surface area contributed by atoms with Crippen molar-refractivity contribution in [1.29, 1.82) is 0 Å². The lowest BCUT2D eigenvalue weighted by molar-refractivity contribution is -0.137. The number of hydrogen-bond donors (Lipinski definition) is 3. The van der Waals surface area contributed by atoms with E-state index in [1.165, 1.54) is 17.0 Å². The minimum atomic E-state index is -4.45. The first-order chi connectivity index (χ1) is 15.2. The summed E-state index contributed by atoms with van der Waals surface area (Å²) in [5.74, 6) is -1.10. The van der Waals surface area contributed by atoms with Crippen molar-refractivity contribution in [3.8, 4) is 0 Å². The van der Waals surface area contributed by atoms with Crippen molar-refractivity contribution in [1.82, 2.24) is 10.9 Å². The van der Waals surface area contributed by atoms with Crippen molar-refractivity contribution >= 4 is 51.7 Å². The van der Waals surface area contributed by atoms with Crippen LogP contribution in [0.25, 0.3) is 0 Å². The van der Waals surface area contributed by atoms with Gasteiger partial charge in [0.25, 0.3) is 0 Å². The summed E-state index contributed by atoms with van der Waals surface area (Å²) in [5.41, 5.74) is 5.85. The highest BCUT2D eigenvalue weighted by atomic mass is 35.5. The summed E-state index contributed by atoms with van der Waals surface area (Å²) in [6, 6.07) is 10.9. The fraction of sp³-hybridized carbons (Fsp3) is 0.250. The van der Waals surface area contributed by atoms with E-state index < -0.39 is 29.7 Å². The molecule has 4 rings (SSSR count). The Bertz CT molecular complexity index is 1050. The van der Waals surface area contributed by atoms with E-state index in [0.29, 0.717) is 22.4 Å². The first-order valence-electron chi connectivity index (χ1n) is 9.48. The van der Waals surface area contributed by atoms with E-state index in [1.807, 2.05) is 0 Å². The number of rotatable bonds is 4. The largest absolute Gasteiger partial charge is 0.416 e. The number of carbonyl (C=O) groups excluding carboxylic acids is 2. The van der Waals surface area contributed by atoms with Crippen molar-refractivity contribution in [2.45, 2.75) is 12.3 Å². The highest BCUT2D eigenvalue weighted by Crippen LogP contribution is 2.31. The van der Waals surface area contributed by atoms with Crippen molar-refractivity contribution in [2.75, 3.05) is 22.5 Å². The number of benzene rings is 2. The van der Waals surface area contributed by atoms with Crippen molar-refractivity contribution in [3.05, 3.63) is 59.1 Å². The summed E-state index contributed by atoms with van der Waals surface area (Å²) in [6.45, 7) is 0.420. The Morgan fingerprint density at radius 3 is 2.53 bits per heavy atom. The number of nitrogens with zero attached hydrogens (tertiary/aromatic N) is 2. The summed E-state index contributed by atoms with van der Waals surface area (Å²) >= 11 is 7.01. The second-order valence-corrected chi connectivity index (χ2v) is 8.43. The van der Waals surface area contributed by atoms with E-state index in [-0.39, 0.29) is 17.3 Å². The van der Waals surface area contributed by atoms with Crippen molar-refractivity contribution in [2.24, 2.45) is 10.9 Å². The zero-order chi connectivity index (χ0) is 22.9. The highest BCUT2D eigenvalue weighted by molar-refractivity contribution is 8.14. The standard InChI is InChI=1S/C20H17ClF3N5O2S/c21-12-3-7-14(8-4-12)29-18(31)15-9-25-28-17(15)27-19(29)32-10-16(30)26-13-5-1-11(2-6-13)20(22,23)24/h1-8,15,17,25,28H,9-10H2,(H,26,30). The third-order valence-electron chi connectivity index (χ3n) is 4.84. The van der Waals surface area contributed by atoms with Crippen LogP contribution in [-0.2, 0) is 15.8 Å². The van der Waals surface area contributed by atoms with Gasteiger partial charge in [-0.05, 0) is 48.5 Å². The summed E-state index contributed by atoms with van der Waals surface area (Å²) in [7, 11) is 0. The second kappa shape index (κ2) is 9.10. The number of hydrogen-bond acceptors (Lipinski definition) is 6. The molecule has 168 valence electrons. The molecule has 2 unspecified atom stereocenters. The van der Waals surface area contributed by atoms with Gasteiger partial charge in [0.15, 0.2) is 5.17 Å². The molecule has 2 aliphatic rings. The van der Waals surface area contributed by atoms with Gasteiger partial charge in [-0.25, -0.2) is 10.4 Å². The summed E-state index contributed by atoms with van der Waals surface area (Å²) in [6.07, 6.45) is -4.90. The molecule has 7 nitrogen and oxygen atoms in total. The maximum atomic E-state index is 13.1. The number of thioether (sulfide) groups is 1. The van der Waals surface area contributed by atoms with E-state index in [2.05, 4.69) is 21.2 Å². The topological polar surface area (TPSA) is 85.8 Å². The fourth-order valence-electron chi connectivity index (χ4n) is 3.27. The molecule has 0 saturated carbocycles. The second-order valence-electron chi connectivity index (χ2n) is 7.05. The lowest BCUT2D eigenvalue weighted by Crippen LogP contribution is -2.49. The molecule has 0 aliphatic carbocycles. The predicted molar refractivity (Wildman–Crippen MR) is 117 cm³/mol. The van der Waals surface area contributed by atoms with Crippen LogP contribution in [-0.4, -0.2) is 35.4 Å². The molecule has 32 heavy (non-hydrogen) atoms. The monoisotopic (exact) mass is 483 g/mol. The van der Waals surface area contributed by atoms with Crippen LogP contribution in [0.1, 0.15) is 5.56 Å². The lowest BCUT2D eigenvalue weighted by Gasteiger charge is -2.32. The van der Waals surface area contributed by atoms with Crippen LogP contribution in [0.3, 0.4) is 0 Å². The zero-order valence-corrected chi connectivity index (χ0v) is 17.9. The van der Waals surface area contributed by atoms with Gasteiger partial charge in [0.1, 0.15) is 6.17 Å². The Morgan fingerprint density at radius 2 is 1.88 bits per heavy atom. The molecule has 0 bridgehead atoms. The first-order valence-corrected chi connectivity index (χ1v) is 10.8. The molecule has 2 aliphatic heterocycles. The normalized spacial score (nSPS) is 20.7. The van der Waals surface area contributed by atoms with E-state index in [0.717, 1.165) is 23.9 Å². The number of anilines is 2. The maximum Gasteiger partial charge on any atom is 0.416 e. The van der Waals surface area contributed by atoms with Gasteiger partial charge in [0.05, 0.1) is 22.9 Å². The molecule has 0 aromatic heterocycles. The number of nitrogens with one attached hydrogen (secondary N) is 3. The van der Waals surface area contributed by atoms with Gasteiger partial charge in [0, 0.05) is 17.3 Å². The molecular formula is C20H17ClF3N5O2S. The van der Waals surface area contributed by atoms with E-state index in [1.54, 1.807) is 24.3 Å². The highest BCUT2D eigenvalue weighted by Gasteiger charge is 2.42. The molecule has 0 radical (unpaired) electrons. The molecule has 2 heterocycles. The minimum absolute atomic E-state index is 0.0952. The molecule has 0 spiro atoms. The van der Waals surface area contributed by atoms with E-state index in [9.17, 15) is 22.8 Å². The van der Waals surface area contributed by atoms with Gasteiger partial charge >= 0.3 is 6.18 Å². The number of hydrazine groups is 1. The molecule has 3 N–H and O–H groups in total. The molecule has 2 aromatic rings. The van der Waals surface area contributed by atoms with Crippen LogP contribution in [0, 0.1) is 5.92 Å². The summed E-state index contributed by atoms with van der Waals surface area (Å²) < 4.78 is 38.0. The van der Waals surface area contributed by atoms with E-state index in [4.69, 9.17) is 11.6 Å². The summed E-state index contributed by atoms with van der Waals surface area (Å²) in [4.78, 5) is 31.5. The molecule has 2 atom stereocenters. The Hall–Kier alpha value is -2.60. The SMILES string of the molecule is O=C(CSC1=NC2NNCC2C(=O)N1c1ccc(Cl)cc1)Nc1ccc(C(F)(F)F)cc1.